The van der Waals surface area contributed by atoms with Crippen LogP contribution in [0.5, 0.6) is 0 Å². The fraction of sp³-hybridized carbons (Fsp3) is 0.379. The van der Waals surface area contributed by atoms with Gasteiger partial charge in [0.25, 0.3) is 0 Å². The van der Waals surface area contributed by atoms with E-state index in [-0.39, 0.29) is 64.3 Å². The summed E-state index contributed by atoms with van der Waals surface area (Å²) in [6.07, 6.45) is -3.99. The van der Waals surface area contributed by atoms with Crippen molar-refractivity contribution in [3.05, 3.63) is 80.3 Å². The maximum Gasteiger partial charge on any atom is 0.416 e. The number of aromatic amines is 1. The molecule has 3 fully saturated rings. The monoisotopic (exact) mass is 599 g/mol. The number of aromatic nitrogens is 1. The van der Waals surface area contributed by atoms with Gasteiger partial charge >= 0.3 is 11.0 Å². The van der Waals surface area contributed by atoms with Crippen LogP contribution >= 0.6 is 23.1 Å². The molecule has 7 atom stereocenters. The summed E-state index contributed by atoms with van der Waals surface area (Å²) >= 11 is 2.82. The number of fused-ring (bicyclic) bond motifs is 9. The maximum absolute atomic E-state index is 13.7. The second-order valence-corrected chi connectivity index (χ2v) is 13.3. The highest BCUT2D eigenvalue weighted by molar-refractivity contribution is 8.00. The van der Waals surface area contributed by atoms with Gasteiger partial charge < -0.3 is 10.3 Å². The standard InChI is InChI=1S/C29H24F3N3O4S2/c30-29(31,32)14-7-4-8-15(11-14)33-18(36)9-10-35-26(37)21-16-12-17(22(21)27(35)38)23-20(16)19(13-5-2-1-3-6-13)24-25(40-23)34-28(39)41-24/h1-8,11,16-17,19-23H,9-10,12H2,(H,33,36)(H,34,39). The number of benzene rings is 2. The Morgan fingerprint density at radius 1 is 1.00 bits per heavy atom. The van der Waals surface area contributed by atoms with Crippen LogP contribution in [0.1, 0.15) is 34.8 Å². The van der Waals surface area contributed by atoms with Crippen LogP contribution in [0.25, 0.3) is 0 Å². The molecule has 3 aromatic rings. The second kappa shape index (κ2) is 9.59. The lowest BCUT2D eigenvalue weighted by molar-refractivity contribution is -0.141. The molecule has 3 heterocycles. The molecule has 0 spiro atoms. The van der Waals surface area contributed by atoms with E-state index in [0.717, 1.165) is 34.0 Å². The average molecular weight is 600 g/mol. The topological polar surface area (TPSA) is 99.3 Å². The van der Waals surface area contributed by atoms with Gasteiger partial charge in [-0.15, -0.1) is 11.8 Å². The molecular formula is C29H24F3N3O4S2. The zero-order valence-electron chi connectivity index (χ0n) is 21.4. The number of hydrogen-bond acceptors (Lipinski definition) is 6. The van der Waals surface area contributed by atoms with Crippen molar-refractivity contribution in [3.8, 4) is 0 Å². The molecule has 12 heteroatoms. The molecular weight excluding hydrogens is 575 g/mol. The molecule has 4 aliphatic rings. The quantitative estimate of drug-likeness (QED) is 0.404. The third-order valence-corrected chi connectivity index (χ3v) is 11.6. The minimum absolute atomic E-state index is 0.00243. The van der Waals surface area contributed by atoms with E-state index in [2.05, 4.69) is 10.3 Å². The van der Waals surface area contributed by atoms with Crippen LogP contribution in [-0.2, 0) is 20.6 Å². The lowest BCUT2D eigenvalue weighted by atomic mass is 9.68. The van der Waals surface area contributed by atoms with E-state index in [9.17, 15) is 32.3 Å². The fourth-order valence-corrected chi connectivity index (χ4v) is 10.4. The number of amides is 3. The van der Waals surface area contributed by atoms with Crippen molar-refractivity contribution in [2.24, 2.45) is 29.6 Å². The van der Waals surface area contributed by atoms with Crippen molar-refractivity contribution >= 4 is 46.5 Å². The van der Waals surface area contributed by atoms with Crippen molar-refractivity contribution in [3.63, 3.8) is 0 Å². The average Bonchev–Trinajstić information content (AvgIpc) is 3.67. The first-order valence-electron chi connectivity index (χ1n) is 13.4. The summed E-state index contributed by atoms with van der Waals surface area (Å²) in [5.74, 6) is -2.07. The molecule has 212 valence electrons. The molecule has 1 aromatic heterocycles. The number of likely N-dealkylation sites (tertiary alicyclic amines) is 1. The van der Waals surface area contributed by atoms with Crippen LogP contribution in [0.4, 0.5) is 18.9 Å². The van der Waals surface area contributed by atoms with Gasteiger partial charge in [-0.2, -0.15) is 13.2 Å². The molecule has 2 aliphatic carbocycles. The molecule has 0 radical (unpaired) electrons. The molecule has 1 saturated heterocycles. The zero-order chi connectivity index (χ0) is 28.6. The van der Waals surface area contributed by atoms with E-state index in [1.165, 1.54) is 28.4 Å². The number of carbonyl (C=O) groups is 3. The molecule has 2 aromatic carbocycles. The SMILES string of the molecule is O=C(CCN1C(=O)C2C3CC(C2C1=O)C1C(c2ccccc2)c2sc(=O)[nH]c2SC31)Nc1cccc(C(F)(F)F)c1. The fourth-order valence-electron chi connectivity index (χ4n) is 7.54. The van der Waals surface area contributed by atoms with Crippen LogP contribution in [0.15, 0.2) is 64.4 Å². The van der Waals surface area contributed by atoms with Crippen molar-refractivity contribution in [1.29, 1.82) is 0 Å². The van der Waals surface area contributed by atoms with E-state index < -0.39 is 29.5 Å². The van der Waals surface area contributed by atoms with E-state index in [1.807, 2.05) is 30.3 Å². The number of halogens is 3. The van der Waals surface area contributed by atoms with Crippen molar-refractivity contribution in [2.45, 2.75) is 35.2 Å². The number of carbonyl (C=O) groups excluding carboxylic acids is 3. The third-order valence-electron chi connectivity index (χ3n) is 9.01. The van der Waals surface area contributed by atoms with Gasteiger partial charge in [0.1, 0.15) is 0 Å². The summed E-state index contributed by atoms with van der Waals surface area (Å²) in [6, 6.07) is 14.3. The number of alkyl halides is 3. The number of nitrogens with zero attached hydrogens (tertiary/aromatic N) is 1. The molecule has 2 aliphatic heterocycles. The first kappa shape index (κ1) is 26.5. The lowest BCUT2D eigenvalue weighted by Crippen LogP contribution is -2.42. The number of thiazole rings is 1. The van der Waals surface area contributed by atoms with E-state index >= 15 is 0 Å². The van der Waals surface area contributed by atoms with E-state index in [1.54, 1.807) is 11.8 Å². The van der Waals surface area contributed by atoms with E-state index in [0.29, 0.717) is 0 Å². The number of H-pyrrole nitrogens is 1. The third kappa shape index (κ3) is 4.25. The number of nitrogens with one attached hydrogen (secondary N) is 2. The van der Waals surface area contributed by atoms with Crippen LogP contribution in [-0.4, -0.2) is 39.4 Å². The second-order valence-electron chi connectivity index (χ2n) is 11.1. The first-order valence-corrected chi connectivity index (χ1v) is 15.1. The maximum atomic E-state index is 13.7. The van der Waals surface area contributed by atoms with Gasteiger partial charge in [-0.1, -0.05) is 47.7 Å². The van der Waals surface area contributed by atoms with Crippen molar-refractivity contribution < 1.29 is 27.6 Å². The summed E-state index contributed by atoms with van der Waals surface area (Å²) in [6.45, 7) is -0.125. The first-order chi connectivity index (χ1) is 19.6. The summed E-state index contributed by atoms with van der Waals surface area (Å²) in [4.78, 5) is 57.2. The number of anilines is 1. The molecule has 7 nitrogen and oxygen atoms in total. The largest absolute Gasteiger partial charge is 0.416 e. The Bertz CT molecular complexity index is 1620. The molecule has 2 N–H and O–H groups in total. The summed E-state index contributed by atoms with van der Waals surface area (Å²) in [5, 5.41) is 3.37. The normalized spacial score (nSPS) is 29.8. The molecule has 2 bridgehead atoms. The highest BCUT2D eigenvalue weighted by atomic mass is 32.2. The molecule has 3 amide bonds. The van der Waals surface area contributed by atoms with Gasteiger partial charge in [0.2, 0.25) is 17.7 Å². The number of rotatable bonds is 5. The van der Waals surface area contributed by atoms with Crippen LogP contribution in [0.2, 0.25) is 0 Å². The highest BCUT2D eigenvalue weighted by Gasteiger charge is 2.69. The minimum Gasteiger partial charge on any atom is -0.326 e. The summed E-state index contributed by atoms with van der Waals surface area (Å²) < 4.78 is 39.1. The molecule has 41 heavy (non-hydrogen) atoms. The summed E-state index contributed by atoms with van der Waals surface area (Å²) in [5.41, 5.74) is 0.204. The number of imide groups is 1. The Hall–Kier alpha value is -3.38. The highest BCUT2D eigenvalue weighted by Crippen LogP contribution is 2.68. The van der Waals surface area contributed by atoms with Gasteiger partial charge in [0.15, 0.2) is 0 Å². The summed E-state index contributed by atoms with van der Waals surface area (Å²) in [7, 11) is 0. The van der Waals surface area contributed by atoms with Gasteiger partial charge in [-0.25, -0.2) is 0 Å². The molecule has 7 unspecified atom stereocenters. The van der Waals surface area contributed by atoms with Gasteiger partial charge in [0, 0.05) is 34.7 Å². The van der Waals surface area contributed by atoms with E-state index in [4.69, 9.17) is 0 Å². The van der Waals surface area contributed by atoms with Gasteiger partial charge in [0.05, 0.1) is 22.4 Å². The zero-order valence-corrected chi connectivity index (χ0v) is 23.0. The Labute approximate surface area is 240 Å². The van der Waals surface area contributed by atoms with Gasteiger partial charge in [-0.3, -0.25) is 24.1 Å². The Morgan fingerprint density at radius 3 is 2.46 bits per heavy atom. The predicted octanol–water partition coefficient (Wildman–Crippen LogP) is 4.96. The number of hydrogen-bond donors (Lipinski definition) is 2. The minimum atomic E-state index is -4.54. The number of thioether (sulfide) groups is 1. The molecule has 7 rings (SSSR count). The van der Waals surface area contributed by atoms with Crippen LogP contribution in [0.3, 0.4) is 0 Å². The molecule has 2 saturated carbocycles. The lowest BCUT2D eigenvalue weighted by Gasteiger charge is -2.43. The Kier molecular flexibility index (Phi) is 6.20. The van der Waals surface area contributed by atoms with Crippen molar-refractivity contribution in [2.75, 3.05) is 11.9 Å². The van der Waals surface area contributed by atoms with Crippen molar-refractivity contribution in [1.82, 2.24) is 9.88 Å². The Balaban J connectivity index is 1.10. The van der Waals surface area contributed by atoms with Gasteiger partial charge in [-0.05, 0) is 47.9 Å². The van der Waals surface area contributed by atoms with Crippen LogP contribution in [0, 0.1) is 29.6 Å². The smallest absolute Gasteiger partial charge is 0.326 e. The van der Waals surface area contributed by atoms with Crippen LogP contribution < -0.4 is 10.2 Å². The predicted molar refractivity (Wildman–Crippen MR) is 146 cm³/mol. The Morgan fingerprint density at radius 2 is 1.73 bits per heavy atom.